The van der Waals surface area contributed by atoms with Gasteiger partial charge in [0.2, 0.25) is 0 Å². The average molecular weight is 279 g/mol. The molecule has 0 saturated carbocycles. The van der Waals surface area contributed by atoms with Crippen molar-refractivity contribution in [2.24, 2.45) is 4.99 Å². The highest BCUT2D eigenvalue weighted by Gasteiger charge is 1.99. The van der Waals surface area contributed by atoms with Gasteiger partial charge in [0.15, 0.2) is 5.96 Å². The zero-order valence-corrected chi connectivity index (χ0v) is 13.2. The highest BCUT2D eigenvalue weighted by Crippen LogP contribution is 2.17. The van der Waals surface area contributed by atoms with Crippen LogP contribution >= 0.6 is 11.8 Å². The van der Waals surface area contributed by atoms with E-state index < -0.39 is 0 Å². The predicted molar refractivity (Wildman–Crippen MR) is 86.2 cm³/mol. The number of rotatable bonds is 6. The van der Waals surface area contributed by atoms with E-state index in [-0.39, 0.29) is 0 Å². The molecule has 0 amide bonds. The van der Waals surface area contributed by atoms with Crippen LogP contribution in [0.3, 0.4) is 0 Å². The molecule has 0 fully saturated rings. The van der Waals surface area contributed by atoms with Crippen molar-refractivity contribution in [3.8, 4) is 0 Å². The fraction of sp³-hybridized carbons (Fsp3) is 0.533. The van der Waals surface area contributed by atoms with Gasteiger partial charge in [-0.3, -0.25) is 4.99 Å². The fourth-order valence-electron chi connectivity index (χ4n) is 1.55. The number of benzene rings is 1. The second-order valence-electron chi connectivity index (χ2n) is 4.72. The van der Waals surface area contributed by atoms with Crippen molar-refractivity contribution in [2.45, 2.75) is 38.6 Å². The minimum Gasteiger partial charge on any atom is -0.357 e. The summed E-state index contributed by atoms with van der Waals surface area (Å²) in [5.41, 5.74) is 1.30. The maximum Gasteiger partial charge on any atom is 0.191 e. The molecule has 0 heterocycles. The summed E-state index contributed by atoms with van der Waals surface area (Å²) in [5.74, 6) is 1.90. The molecule has 106 valence electrons. The van der Waals surface area contributed by atoms with Gasteiger partial charge in [-0.05, 0) is 39.8 Å². The molecule has 4 heteroatoms. The third-order valence-corrected chi connectivity index (χ3v) is 3.41. The Morgan fingerprint density at radius 1 is 1.26 bits per heavy atom. The molecule has 3 nitrogen and oxygen atoms in total. The molecular formula is C15H25N3S. The van der Waals surface area contributed by atoms with Crippen molar-refractivity contribution in [3.63, 3.8) is 0 Å². The van der Waals surface area contributed by atoms with Crippen LogP contribution in [-0.4, -0.2) is 30.8 Å². The molecule has 0 saturated heterocycles. The fourth-order valence-corrected chi connectivity index (χ4v) is 2.30. The molecule has 0 unspecified atom stereocenters. The lowest BCUT2D eigenvalue weighted by molar-refractivity contribution is 0.702. The van der Waals surface area contributed by atoms with Gasteiger partial charge in [0.05, 0.1) is 6.54 Å². The molecule has 1 rings (SSSR count). The van der Waals surface area contributed by atoms with Crippen molar-refractivity contribution in [1.29, 1.82) is 0 Å². The maximum absolute atomic E-state index is 4.56. The first kappa shape index (κ1) is 15.9. The molecule has 1 aromatic rings. The average Bonchev–Trinajstić information content (AvgIpc) is 2.36. The molecule has 0 spiro atoms. The lowest BCUT2D eigenvalue weighted by Gasteiger charge is -2.13. The number of hydrogen-bond acceptors (Lipinski definition) is 2. The number of nitrogens with zero attached hydrogens (tertiary/aromatic N) is 1. The largest absolute Gasteiger partial charge is 0.357 e. The summed E-state index contributed by atoms with van der Waals surface area (Å²) in [7, 11) is 0. The van der Waals surface area contributed by atoms with Crippen LogP contribution in [0, 0.1) is 6.92 Å². The maximum atomic E-state index is 4.56. The van der Waals surface area contributed by atoms with Crippen LogP contribution in [0.4, 0.5) is 0 Å². The molecular weight excluding hydrogens is 254 g/mol. The topological polar surface area (TPSA) is 36.4 Å². The Kier molecular flexibility index (Phi) is 7.41. The minimum absolute atomic E-state index is 0.405. The van der Waals surface area contributed by atoms with Gasteiger partial charge in [0, 0.05) is 23.2 Å². The van der Waals surface area contributed by atoms with Crippen molar-refractivity contribution in [1.82, 2.24) is 10.6 Å². The number of guanidine groups is 1. The van der Waals surface area contributed by atoms with Gasteiger partial charge in [-0.1, -0.05) is 17.7 Å². The second-order valence-corrected chi connectivity index (χ2v) is 5.89. The summed E-state index contributed by atoms with van der Waals surface area (Å²) >= 11 is 1.85. The summed E-state index contributed by atoms with van der Waals surface area (Å²) in [6.07, 6.45) is 0. The normalized spacial score (nSPS) is 11.7. The van der Waals surface area contributed by atoms with Crippen LogP contribution in [0.15, 0.2) is 34.2 Å². The van der Waals surface area contributed by atoms with Crippen LogP contribution < -0.4 is 10.6 Å². The lowest BCUT2D eigenvalue weighted by Crippen LogP contribution is -2.41. The van der Waals surface area contributed by atoms with Crippen LogP contribution in [0.5, 0.6) is 0 Å². The van der Waals surface area contributed by atoms with E-state index in [2.05, 4.69) is 67.6 Å². The van der Waals surface area contributed by atoms with E-state index in [4.69, 9.17) is 0 Å². The van der Waals surface area contributed by atoms with Gasteiger partial charge in [-0.2, -0.15) is 0 Å². The summed E-state index contributed by atoms with van der Waals surface area (Å²) in [6, 6.07) is 9.04. The molecule has 0 radical (unpaired) electrons. The number of hydrogen-bond donors (Lipinski definition) is 2. The number of aliphatic imine (C=N–C) groups is 1. The standard InChI is InChI=1S/C15H25N3S/c1-5-16-15(18-12(2)3)17-10-11-19-14-8-6-13(4)7-9-14/h6-9,12H,5,10-11H2,1-4H3,(H2,16,17,18). The summed E-state index contributed by atoms with van der Waals surface area (Å²) in [6.45, 7) is 10.1. The molecule has 0 aliphatic heterocycles. The number of nitrogens with one attached hydrogen (secondary N) is 2. The van der Waals surface area contributed by atoms with Crippen molar-refractivity contribution < 1.29 is 0 Å². The SMILES string of the molecule is CCNC(=NCCSc1ccc(C)cc1)NC(C)C. The van der Waals surface area contributed by atoms with E-state index in [1.54, 1.807) is 0 Å². The van der Waals surface area contributed by atoms with Crippen LogP contribution in [0.2, 0.25) is 0 Å². The third kappa shape index (κ3) is 7.11. The second kappa shape index (κ2) is 8.86. The minimum atomic E-state index is 0.405. The van der Waals surface area contributed by atoms with Gasteiger partial charge < -0.3 is 10.6 Å². The Balaban J connectivity index is 2.35. The smallest absolute Gasteiger partial charge is 0.191 e. The van der Waals surface area contributed by atoms with Gasteiger partial charge in [-0.15, -0.1) is 11.8 Å². The quantitative estimate of drug-likeness (QED) is 0.364. The van der Waals surface area contributed by atoms with Gasteiger partial charge in [-0.25, -0.2) is 0 Å². The van der Waals surface area contributed by atoms with E-state index >= 15 is 0 Å². The van der Waals surface area contributed by atoms with Crippen molar-refractivity contribution in [3.05, 3.63) is 29.8 Å². The molecule has 19 heavy (non-hydrogen) atoms. The monoisotopic (exact) mass is 279 g/mol. The first-order valence-corrected chi connectivity index (χ1v) is 7.84. The molecule has 0 atom stereocenters. The zero-order valence-electron chi connectivity index (χ0n) is 12.4. The summed E-state index contributed by atoms with van der Waals surface area (Å²) in [4.78, 5) is 5.87. The molecule has 0 bridgehead atoms. The van der Waals surface area contributed by atoms with Gasteiger partial charge >= 0.3 is 0 Å². The number of aryl methyl sites for hydroxylation is 1. The van der Waals surface area contributed by atoms with E-state index in [0.29, 0.717) is 6.04 Å². The highest BCUT2D eigenvalue weighted by atomic mass is 32.2. The zero-order chi connectivity index (χ0) is 14.1. The first-order valence-electron chi connectivity index (χ1n) is 6.86. The Labute approximate surface area is 121 Å². The molecule has 0 aliphatic carbocycles. The van der Waals surface area contributed by atoms with E-state index in [9.17, 15) is 0 Å². The molecule has 1 aromatic carbocycles. The Morgan fingerprint density at radius 3 is 2.53 bits per heavy atom. The predicted octanol–water partition coefficient (Wildman–Crippen LogP) is 3.05. The molecule has 0 aromatic heterocycles. The van der Waals surface area contributed by atoms with Gasteiger partial charge in [0.1, 0.15) is 0 Å². The summed E-state index contributed by atoms with van der Waals surface area (Å²) in [5, 5.41) is 6.57. The van der Waals surface area contributed by atoms with E-state index in [1.165, 1.54) is 10.5 Å². The van der Waals surface area contributed by atoms with E-state index in [0.717, 1.165) is 24.8 Å². The van der Waals surface area contributed by atoms with Crippen molar-refractivity contribution in [2.75, 3.05) is 18.8 Å². The Bertz CT molecular complexity index is 385. The highest BCUT2D eigenvalue weighted by molar-refractivity contribution is 7.99. The molecule has 2 N–H and O–H groups in total. The van der Waals surface area contributed by atoms with E-state index in [1.807, 2.05) is 11.8 Å². The Morgan fingerprint density at radius 2 is 1.95 bits per heavy atom. The summed E-state index contributed by atoms with van der Waals surface area (Å²) < 4.78 is 0. The third-order valence-electron chi connectivity index (χ3n) is 2.42. The Hall–Kier alpha value is -1.16. The van der Waals surface area contributed by atoms with Crippen LogP contribution in [0.25, 0.3) is 0 Å². The molecule has 0 aliphatic rings. The lowest BCUT2D eigenvalue weighted by atomic mass is 10.2. The van der Waals surface area contributed by atoms with Gasteiger partial charge in [0.25, 0.3) is 0 Å². The first-order chi connectivity index (χ1) is 9.11. The van der Waals surface area contributed by atoms with Crippen LogP contribution in [-0.2, 0) is 0 Å². The van der Waals surface area contributed by atoms with Crippen molar-refractivity contribution >= 4 is 17.7 Å². The van der Waals surface area contributed by atoms with Crippen LogP contribution in [0.1, 0.15) is 26.3 Å². The number of thioether (sulfide) groups is 1.